The molecule has 0 aliphatic carbocycles. The fourth-order valence-corrected chi connectivity index (χ4v) is 3.16. The lowest BCUT2D eigenvalue weighted by Crippen LogP contribution is -2.49. The van der Waals surface area contributed by atoms with Crippen molar-refractivity contribution in [1.29, 1.82) is 0 Å². The SMILES string of the molecule is Cc1nc(-c2cccnc2)ncc1C(=O)N1CCN(c2ccccn2)CC1. The van der Waals surface area contributed by atoms with Crippen molar-refractivity contribution in [2.45, 2.75) is 6.92 Å². The van der Waals surface area contributed by atoms with Crippen molar-refractivity contribution in [2.75, 3.05) is 31.1 Å². The number of nitrogens with zero attached hydrogens (tertiary/aromatic N) is 6. The van der Waals surface area contributed by atoms with Crippen LogP contribution in [-0.2, 0) is 0 Å². The number of amides is 1. The van der Waals surface area contributed by atoms with Crippen LogP contribution in [0.15, 0.2) is 55.1 Å². The summed E-state index contributed by atoms with van der Waals surface area (Å²) >= 11 is 0. The van der Waals surface area contributed by atoms with E-state index in [4.69, 9.17) is 0 Å². The highest BCUT2D eigenvalue weighted by Gasteiger charge is 2.24. The normalized spacial score (nSPS) is 14.3. The smallest absolute Gasteiger partial charge is 0.257 e. The average molecular weight is 360 g/mol. The van der Waals surface area contributed by atoms with E-state index in [1.807, 2.05) is 42.2 Å². The van der Waals surface area contributed by atoms with E-state index in [2.05, 4.69) is 24.8 Å². The van der Waals surface area contributed by atoms with Crippen LogP contribution in [-0.4, -0.2) is 56.9 Å². The molecule has 0 bridgehead atoms. The molecule has 27 heavy (non-hydrogen) atoms. The van der Waals surface area contributed by atoms with E-state index in [0.717, 1.165) is 24.5 Å². The first-order valence-corrected chi connectivity index (χ1v) is 8.91. The lowest BCUT2D eigenvalue weighted by molar-refractivity contribution is 0.0745. The Morgan fingerprint density at radius 3 is 2.48 bits per heavy atom. The monoisotopic (exact) mass is 360 g/mol. The van der Waals surface area contributed by atoms with Gasteiger partial charge in [0.05, 0.1) is 11.3 Å². The minimum Gasteiger partial charge on any atom is -0.353 e. The first-order chi connectivity index (χ1) is 13.2. The molecule has 1 saturated heterocycles. The van der Waals surface area contributed by atoms with Gasteiger partial charge >= 0.3 is 0 Å². The molecule has 1 aliphatic rings. The lowest BCUT2D eigenvalue weighted by Gasteiger charge is -2.35. The van der Waals surface area contributed by atoms with Crippen LogP contribution in [0, 0.1) is 6.92 Å². The molecule has 0 saturated carbocycles. The predicted octanol–water partition coefficient (Wildman–Crippen LogP) is 2.20. The Hall–Kier alpha value is -3.35. The summed E-state index contributed by atoms with van der Waals surface area (Å²) < 4.78 is 0. The molecule has 7 nitrogen and oxygen atoms in total. The molecule has 0 N–H and O–H groups in total. The maximum Gasteiger partial charge on any atom is 0.257 e. The highest BCUT2D eigenvalue weighted by atomic mass is 16.2. The summed E-state index contributed by atoms with van der Waals surface area (Å²) in [6.07, 6.45) is 6.83. The van der Waals surface area contributed by atoms with Crippen molar-refractivity contribution in [3.8, 4) is 11.4 Å². The van der Waals surface area contributed by atoms with E-state index in [1.54, 1.807) is 24.8 Å². The van der Waals surface area contributed by atoms with Crippen molar-refractivity contribution in [3.05, 3.63) is 66.4 Å². The zero-order chi connectivity index (χ0) is 18.6. The Kier molecular flexibility index (Phi) is 4.74. The summed E-state index contributed by atoms with van der Waals surface area (Å²) in [6.45, 7) is 4.67. The van der Waals surface area contributed by atoms with Crippen molar-refractivity contribution >= 4 is 11.7 Å². The van der Waals surface area contributed by atoms with Gasteiger partial charge in [0.2, 0.25) is 0 Å². The van der Waals surface area contributed by atoms with Crippen LogP contribution in [0.2, 0.25) is 0 Å². The van der Waals surface area contributed by atoms with Gasteiger partial charge in [-0.2, -0.15) is 0 Å². The molecule has 1 amide bonds. The molecule has 4 rings (SSSR count). The van der Waals surface area contributed by atoms with Gasteiger partial charge in [-0.1, -0.05) is 6.07 Å². The van der Waals surface area contributed by atoms with Gasteiger partial charge in [-0.15, -0.1) is 0 Å². The average Bonchev–Trinajstić information content (AvgIpc) is 2.74. The zero-order valence-corrected chi connectivity index (χ0v) is 15.1. The number of carbonyl (C=O) groups is 1. The molecule has 1 fully saturated rings. The van der Waals surface area contributed by atoms with E-state index in [0.29, 0.717) is 30.2 Å². The third-order valence-corrected chi connectivity index (χ3v) is 4.67. The van der Waals surface area contributed by atoms with Gasteiger partial charge in [0.25, 0.3) is 5.91 Å². The minimum absolute atomic E-state index is 0.0223. The molecule has 4 heterocycles. The van der Waals surface area contributed by atoms with Gasteiger partial charge in [-0.05, 0) is 31.2 Å². The largest absolute Gasteiger partial charge is 0.353 e. The number of carbonyl (C=O) groups excluding carboxylic acids is 1. The van der Waals surface area contributed by atoms with E-state index in [1.165, 1.54) is 0 Å². The van der Waals surface area contributed by atoms with Crippen LogP contribution < -0.4 is 4.90 Å². The number of aromatic nitrogens is 4. The maximum absolute atomic E-state index is 12.9. The van der Waals surface area contributed by atoms with Crippen LogP contribution in [0.4, 0.5) is 5.82 Å². The van der Waals surface area contributed by atoms with Gasteiger partial charge in [0, 0.05) is 56.5 Å². The molecule has 0 spiro atoms. The minimum atomic E-state index is -0.0223. The highest BCUT2D eigenvalue weighted by Crippen LogP contribution is 2.18. The van der Waals surface area contributed by atoms with Crippen LogP contribution >= 0.6 is 0 Å². The molecule has 0 unspecified atom stereocenters. The number of piperazine rings is 1. The van der Waals surface area contributed by atoms with Gasteiger partial charge in [0.15, 0.2) is 5.82 Å². The quantitative estimate of drug-likeness (QED) is 0.713. The summed E-state index contributed by atoms with van der Waals surface area (Å²) in [5, 5.41) is 0. The lowest BCUT2D eigenvalue weighted by atomic mass is 10.1. The molecule has 7 heteroatoms. The number of pyridine rings is 2. The molecule has 0 atom stereocenters. The maximum atomic E-state index is 12.9. The molecule has 1 aliphatic heterocycles. The highest BCUT2D eigenvalue weighted by molar-refractivity contribution is 5.95. The van der Waals surface area contributed by atoms with Crippen LogP contribution in [0.5, 0.6) is 0 Å². The Bertz CT molecular complexity index is 924. The molecule has 0 radical (unpaired) electrons. The fourth-order valence-electron chi connectivity index (χ4n) is 3.16. The topological polar surface area (TPSA) is 75.1 Å². The number of aryl methyl sites for hydroxylation is 1. The summed E-state index contributed by atoms with van der Waals surface area (Å²) in [5.41, 5.74) is 2.07. The molecular formula is C20H20N6O. The van der Waals surface area contributed by atoms with Gasteiger partial charge in [-0.25, -0.2) is 15.0 Å². The van der Waals surface area contributed by atoms with Crippen molar-refractivity contribution < 1.29 is 4.79 Å². The third-order valence-electron chi connectivity index (χ3n) is 4.67. The summed E-state index contributed by atoms with van der Waals surface area (Å²) in [5.74, 6) is 1.51. The summed E-state index contributed by atoms with van der Waals surface area (Å²) in [7, 11) is 0. The number of hydrogen-bond donors (Lipinski definition) is 0. The second-order valence-corrected chi connectivity index (χ2v) is 6.40. The van der Waals surface area contributed by atoms with Gasteiger partial charge in [0.1, 0.15) is 5.82 Å². The number of hydrogen-bond acceptors (Lipinski definition) is 6. The predicted molar refractivity (Wildman–Crippen MR) is 102 cm³/mol. The molecule has 3 aromatic rings. The number of rotatable bonds is 3. The van der Waals surface area contributed by atoms with Crippen molar-refractivity contribution in [2.24, 2.45) is 0 Å². The first-order valence-electron chi connectivity index (χ1n) is 8.91. The Labute approximate surface area is 157 Å². The second-order valence-electron chi connectivity index (χ2n) is 6.40. The van der Waals surface area contributed by atoms with E-state index in [-0.39, 0.29) is 5.91 Å². The first kappa shape index (κ1) is 17.1. The van der Waals surface area contributed by atoms with Crippen molar-refractivity contribution in [3.63, 3.8) is 0 Å². The Morgan fingerprint density at radius 2 is 1.81 bits per heavy atom. The van der Waals surface area contributed by atoms with E-state index < -0.39 is 0 Å². The Balaban J connectivity index is 1.46. The molecule has 0 aromatic carbocycles. The number of anilines is 1. The van der Waals surface area contributed by atoms with Crippen LogP contribution in [0.1, 0.15) is 16.1 Å². The summed E-state index contributed by atoms with van der Waals surface area (Å²) in [4.78, 5) is 34.3. The third kappa shape index (κ3) is 3.62. The van der Waals surface area contributed by atoms with Crippen LogP contribution in [0.25, 0.3) is 11.4 Å². The van der Waals surface area contributed by atoms with E-state index in [9.17, 15) is 4.79 Å². The van der Waals surface area contributed by atoms with Gasteiger partial charge in [-0.3, -0.25) is 9.78 Å². The van der Waals surface area contributed by atoms with Crippen molar-refractivity contribution in [1.82, 2.24) is 24.8 Å². The van der Waals surface area contributed by atoms with Crippen LogP contribution in [0.3, 0.4) is 0 Å². The molecule has 136 valence electrons. The summed E-state index contributed by atoms with van der Waals surface area (Å²) in [6, 6.07) is 9.62. The zero-order valence-electron chi connectivity index (χ0n) is 15.1. The molecular weight excluding hydrogens is 340 g/mol. The molecule has 3 aromatic heterocycles. The fraction of sp³-hybridized carbons (Fsp3) is 0.250. The standard InChI is InChI=1S/C20H20N6O/c1-15-17(14-23-19(24-15)16-5-4-7-21-13-16)20(27)26-11-9-25(10-12-26)18-6-2-3-8-22-18/h2-8,13-14H,9-12H2,1H3. The van der Waals surface area contributed by atoms with Gasteiger partial charge < -0.3 is 9.80 Å². The second kappa shape index (κ2) is 7.49. The Morgan fingerprint density at radius 1 is 0.963 bits per heavy atom. The van der Waals surface area contributed by atoms with E-state index >= 15 is 0 Å².